The number of aromatic nitrogens is 3. The number of hydrogen-bond donors (Lipinski definition) is 0. The van der Waals surface area contributed by atoms with Crippen molar-refractivity contribution in [2.45, 2.75) is 45.4 Å². The summed E-state index contributed by atoms with van der Waals surface area (Å²) in [5.74, 6) is 0.927. The van der Waals surface area contributed by atoms with E-state index in [1.807, 2.05) is 36.7 Å². The molecule has 2 aromatic heterocycles. The van der Waals surface area contributed by atoms with E-state index in [1.54, 1.807) is 0 Å². The summed E-state index contributed by atoms with van der Waals surface area (Å²) in [6, 6.07) is 7.96. The van der Waals surface area contributed by atoms with Gasteiger partial charge in [0.15, 0.2) is 0 Å². The molecule has 0 saturated carbocycles. The maximum absolute atomic E-state index is 5.99. The average molecular weight is 312 g/mol. The zero-order valence-corrected chi connectivity index (χ0v) is 13.7. The Morgan fingerprint density at radius 3 is 2.70 bits per heavy atom. The topological polar surface area (TPSA) is 51.1 Å². The molecule has 1 saturated heterocycles. The monoisotopic (exact) mass is 312 g/mol. The zero-order valence-electron chi connectivity index (χ0n) is 13.7. The van der Waals surface area contributed by atoms with Crippen LogP contribution in [0, 0.1) is 0 Å². The highest BCUT2D eigenvalue weighted by Gasteiger charge is 2.20. The molecular formula is C18H24N4O. The highest BCUT2D eigenvalue weighted by Crippen LogP contribution is 2.16. The Balaban J connectivity index is 1.43. The van der Waals surface area contributed by atoms with Gasteiger partial charge in [0.25, 0.3) is 0 Å². The Bertz CT molecular complexity index is 597. The molecule has 2 aromatic rings. The average Bonchev–Trinajstić information content (AvgIpc) is 2.62. The molecule has 3 heterocycles. The summed E-state index contributed by atoms with van der Waals surface area (Å²) in [6.45, 7) is 5.71. The first-order chi connectivity index (χ1) is 11.3. The highest BCUT2D eigenvalue weighted by atomic mass is 16.5. The Morgan fingerprint density at radius 2 is 1.96 bits per heavy atom. The molecule has 0 unspecified atom stereocenters. The van der Waals surface area contributed by atoms with Crippen LogP contribution in [0.4, 0.5) is 0 Å². The van der Waals surface area contributed by atoms with Gasteiger partial charge in [-0.15, -0.1) is 0 Å². The van der Waals surface area contributed by atoms with Gasteiger partial charge in [-0.05, 0) is 31.0 Å². The summed E-state index contributed by atoms with van der Waals surface area (Å²) in [7, 11) is 0. The fraction of sp³-hybridized carbons (Fsp3) is 0.500. The van der Waals surface area contributed by atoms with Gasteiger partial charge in [0, 0.05) is 38.4 Å². The lowest BCUT2D eigenvalue weighted by molar-refractivity contribution is -0.00544. The minimum absolute atomic E-state index is 0.338. The van der Waals surface area contributed by atoms with Crippen LogP contribution in [0.25, 0.3) is 0 Å². The second kappa shape index (κ2) is 8.13. The maximum Gasteiger partial charge on any atom is 0.128 e. The third-order valence-electron chi connectivity index (χ3n) is 4.19. The number of rotatable bonds is 6. The smallest absolute Gasteiger partial charge is 0.128 e. The van der Waals surface area contributed by atoms with Gasteiger partial charge in [-0.3, -0.25) is 9.88 Å². The van der Waals surface area contributed by atoms with E-state index in [4.69, 9.17) is 4.74 Å². The van der Waals surface area contributed by atoms with Crippen molar-refractivity contribution < 1.29 is 4.74 Å². The Hall–Kier alpha value is -1.85. The zero-order chi connectivity index (χ0) is 15.9. The van der Waals surface area contributed by atoms with Crippen LogP contribution >= 0.6 is 0 Å². The first kappa shape index (κ1) is 16.0. The van der Waals surface area contributed by atoms with Gasteiger partial charge >= 0.3 is 0 Å². The predicted octanol–water partition coefficient (Wildman–Crippen LogP) is 2.62. The van der Waals surface area contributed by atoms with E-state index >= 15 is 0 Å². The number of piperidine rings is 1. The summed E-state index contributed by atoms with van der Waals surface area (Å²) >= 11 is 0. The van der Waals surface area contributed by atoms with E-state index in [0.29, 0.717) is 12.7 Å². The maximum atomic E-state index is 5.99. The number of aryl methyl sites for hydroxylation is 1. The van der Waals surface area contributed by atoms with Gasteiger partial charge in [0.05, 0.1) is 24.1 Å². The van der Waals surface area contributed by atoms with Crippen molar-refractivity contribution in [2.75, 3.05) is 13.1 Å². The van der Waals surface area contributed by atoms with Gasteiger partial charge in [-0.1, -0.05) is 13.0 Å². The van der Waals surface area contributed by atoms with Crippen molar-refractivity contribution in [3.63, 3.8) is 0 Å². The number of likely N-dealkylation sites (tertiary alicyclic amines) is 1. The summed E-state index contributed by atoms with van der Waals surface area (Å²) < 4.78 is 5.99. The van der Waals surface area contributed by atoms with Crippen LogP contribution in [0.5, 0.6) is 0 Å². The van der Waals surface area contributed by atoms with Crippen molar-refractivity contribution in [3.05, 3.63) is 53.9 Å². The van der Waals surface area contributed by atoms with Crippen molar-refractivity contribution in [1.29, 1.82) is 0 Å². The fourth-order valence-electron chi connectivity index (χ4n) is 2.85. The molecule has 122 valence electrons. The molecule has 0 N–H and O–H groups in total. The molecule has 3 rings (SSSR count). The second-order valence-electron chi connectivity index (χ2n) is 5.93. The van der Waals surface area contributed by atoms with Crippen LogP contribution in [0.3, 0.4) is 0 Å². The summed E-state index contributed by atoms with van der Waals surface area (Å²) in [5.41, 5.74) is 2.12. The number of hydrogen-bond acceptors (Lipinski definition) is 5. The summed E-state index contributed by atoms with van der Waals surface area (Å²) in [4.78, 5) is 15.6. The van der Waals surface area contributed by atoms with Gasteiger partial charge in [0.2, 0.25) is 0 Å². The molecule has 0 radical (unpaired) electrons. The quantitative estimate of drug-likeness (QED) is 0.820. The SMILES string of the molecule is CCc1nccc(CN2CCC(OCc3ccccn3)CC2)n1. The van der Waals surface area contributed by atoms with Crippen molar-refractivity contribution in [2.24, 2.45) is 0 Å². The van der Waals surface area contributed by atoms with Crippen LogP contribution in [-0.4, -0.2) is 39.0 Å². The van der Waals surface area contributed by atoms with Crippen LogP contribution in [-0.2, 0) is 24.3 Å². The Morgan fingerprint density at radius 1 is 1.09 bits per heavy atom. The van der Waals surface area contributed by atoms with E-state index in [0.717, 1.165) is 56.1 Å². The first-order valence-corrected chi connectivity index (χ1v) is 8.38. The summed E-state index contributed by atoms with van der Waals surface area (Å²) in [6.07, 6.45) is 7.04. The third kappa shape index (κ3) is 4.81. The normalized spacial score (nSPS) is 16.6. The van der Waals surface area contributed by atoms with Crippen molar-refractivity contribution >= 4 is 0 Å². The molecule has 23 heavy (non-hydrogen) atoms. The molecule has 0 aromatic carbocycles. The molecule has 0 atom stereocenters. The Kier molecular flexibility index (Phi) is 5.66. The van der Waals surface area contributed by atoms with E-state index in [1.165, 1.54) is 0 Å². The fourth-order valence-corrected chi connectivity index (χ4v) is 2.85. The molecule has 0 aliphatic carbocycles. The van der Waals surface area contributed by atoms with E-state index in [2.05, 4.69) is 26.8 Å². The molecule has 5 heteroatoms. The van der Waals surface area contributed by atoms with Crippen LogP contribution in [0.1, 0.15) is 37.0 Å². The van der Waals surface area contributed by atoms with Gasteiger partial charge in [-0.2, -0.15) is 0 Å². The molecule has 5 nitrogen and oxygen atoms in total. The standard InChI is InChI=1S/C18H24N4O/c1-2-18-20-10-6-15(21-18)13-22-11-7-17(8-12-22)23-14-16-5-3-4-9-19-16/h3-6,9-10,17H,2,7-8,11-14H2,1H3. The largest absolute Gasteiger partial charge is 0.372 e. The third-order valence-corrected chi connectivity index (χ3v) is 4.19. The minimum atomic E-state index is 0.338. The number of ether oxygens (including phenoxy) is 1. The van der Waals surface area contributed by atoms with Gasteiger partial charge < -0.3 is 4.74 Å². The van der Waals surface area contributed by atoms with Crippen molar-refractivity contribution in [1.82, 2.24) is 19.9 Å². The van der Waals surface area contributed by atoms with Crippen LogP contribution in [0.2, 0.25) is 0 Å². The van der Waals surface area contributed by atoms with Crippen molar-refractivity contribution in [3.8, 4) is 0 Å². The van der Waals surface area contributed by atoms with Crippen LogP contribution < -0.4 is 0 Å². The first-order valence-electron chi connectivity index (χ1n) is 8.38. The molecule has 1 aliphatic heterocycles. The van der Waals surface area contributed by atoms with Gasteiger partial charge in [-0.25, -0.2) is 9.97 Å². The summed E-state index contributed by atoms with van der Waals surface area (Å²) in [5, 5.41) is 0. The van der Waals surface area contributed by atoms with E-state index in [9.17, 15) is 0 Å². The van der Waals surface area contributed by atoms with E-state index < -0.39 is 0 Å². The molecule has 0 amide bonds. The van der Waals surface area contributed by atoms with Crippen LogP contribution in [0.15, 0.2) is 36.7 Å². The number of nitrogens with zero attached hydrogens (tertiary/aromatic N) is 4. The highest BCUT2D eigenvalue weighted by molar-refractivity contribution is 5.03. The molecular weight excluding hydrogens is 288 g/mol. The lowest BCUT2D eigenvalue weighted by Crippen LogP contribution is -2.36. The molecule has 0 bridgehead atoms. The molecule has 1 aliphatic rings. The minimum Gasteiger partial charge on any atom is -0.372 e. The molecule has 0 spiro atoms. The lowest BCUT2D eigenvalue weighted by atomic mass is 10.1. The lowest BCUT2D eigenvalue weighted by Gasteiger charge is -2.31. The molecule has 1 fully saturated rings. The van der Waals surface area contributed by atoms with Gasteiger partial charge in [0.1, 0.15) is 5.82 Å². The Labute approximate surface area is 137 Å². The second-order valence-corrected chi connectivity index (χ2v) is 5.93. The van der Waals surface area contributed by atoms with E-state index in [-0.39, 0.29) is 0 Å². The number of pyridine rings is 1. The predicted molar refractivity (Wildman–Crippen MR) is 88.7 cm³/mol.